The van der Waals surface area contributed by atoms with Crippen LogP contribution in [0.5, 0.6) is 0 Å². The predicted molar refractivity (Wildman–Crippen MR) is 69.2 cm³/mol. The van der Waals surface area contributed by atoms with E-state index in [1.54, 1.807) is 6.20 Å². The maximum Gasteiger partial charge on any atom is 0.138 e. The third-order valence-corrected chi connectivity index (χ3v) is 3.34. The van der Waals surface area contributed by atoms with Gasteiger partial charge in [0.2, 0.25) is 0 Å². The number of aliphatic hydroxyl groups is 1. The van der Waals surface area contributed by atoms with Gasteiger partial charge in [-0.15, -0.1) is 0 Å². The Morgan fingerprint density at radius 1 is 1.35 bits per heavy atom. The number of rotatable bonds is 5. The molecule has 2 heterocycles. The minimum absolute atomic E-state index is 0.553. The molecule has 0 bridgehead atoms. The lowest BCUT2D eigenvalue weighted by molar-refractivity contribution is 0.0456. The Hall–Kier alpha value is -1.55. The monoisotopic (exact) mass is 233 g/mol. The minimum Gasteiger partial charge on any atom is -0.388 e. The van der Waals surface area contributed by atoms with Crippen LogP contribution in [-0.2, 0) is 0 Å². The molecule has 4 nitrogen and oxygen atoms in total. The Morgan fingerprint density at radius 3 is 2.82 bits per heavy atom. The summed E-state index contributed by atoms with van der Waals surface area (Å²) >= 11 is 0. The average molecular weight is 233 g/mol. The van der Waals surface area contributed by atoms with Gasteiger partial charge in [0.15, 0.2) is 0 Å². The molecule has 0 spiro atoms. The molecule has 92 valence electrons. The topological polar surface area (TPSA) is 49.6 Å². The van der Waals surface area contributed by atoms with Gasteiger partial charge in [-0.05, 0) is 25.0 Å². The molecule has 0 fully saturated rings. The highest BCUT2D eigenvalue weighted by molar-refractivity contribution is 5.49. The number of imidazole rings is 1. The fourth-order valence-electron chi connectivity index (χ4n) is 1.85. The Balaban J connectivity index is 2.16. The van der Waals surface area contributed by atoms with E-state index in [1.165, 1.54) is 0 Å². The number of nitrogens with one attached hydrogen (secondary N) is 1. The molecule has 2 aromatic rings. The standard InChI is InChI=1S/C13H19N3O/c1-3-13(17,4-2)10-15-12-7-5-6-11-14-8-9-16(11)12/h5-9,15,17H,3-4,10H2,1-2H3. The third-order valence-electron chi connectivity index (χ3n) is 3.34. The zero-order valence-corrected chi connectivity index (χ0v) is 10.3. The predicted octanol–water partition coefficient (Wildman–Crippen LogP) is 2.30. The normalized spacial score (nSPS) is 11.9. The lowest BCUT2D eigenvalue weighted by atomic mass is 9.98. The van der Waals surface area contributed by atoms with Crippen LogP contribution in [0.25, 0.3) is 5.65 Å². The van der Waals surface area contributed by atoms with E-state index in [9.17, 15) is 5.11 Å². The summed E-state index contributed by atoms with van der Waals surface area (Å²) in [5.41, 5.74) is 0.273. The molecule has 0 saturated heterocycles. The Bertz CT molecular complexity index is 488. The van der Waals surface area contributed by atoms with E-state index in [-0.39, 0.29) is 0 Å². The quantitative estimate of drug-likeness (QED) is 0.833. The van der Waals surface area contributed by atoms with Crippen LogP contribution in [0.15, 0.2) is 30.6 Å². The van der Waals surface area contributed by atoms with Crippen LogP contribution < -0.4 is 5.32 Å². The van der Waals surface area contributed by atoms with Crippen LogP contribution in [0.2, 0.25) is 0 Å². The zero-order chi connectivity index (χ0) is 12.3. The van der Waals surface area contributed by atoms with Crippen molar-refractivity contribution in [3.05, 3.63) is 30.6 Å². The molecule has 2 N–H and O–H groups in total. The van der Waals surface area contributed by atoms with Crippen molar-refractivity contribution in [2.24, 2.45) is 0 Å². The van der Waals surface area contributed by atoms with Crippen molar-refractivity contribution in [3.63, 3.8) is 0 Å². The lowest BCUT2D eigenvalue weighted by Crippen LogP contribution is -2.35. The zero-order valence-electron chi connectivity index (χ0n) is 10.3. The second-order valence-electron chi connectivity index (χ2n) is 4.35. The summed E-state index contributed by atoms with van der Waals surface area (Å²) in [6.45, 7) is 4.56. The van der Waals surface area contributed by atoms with Gasteiger partial charge in [0.1, 0.15) is 11.5 Å². The molecule has 0 aliphatic carbocycles. The van der Waals surface area contributed by atoms with E-state index < -0.39 is 5.60 Å². The minimum atomic E-state index is -0.636. The van der Waals surface area contributed by atoms with Gasteiger partial charge in [0, 0.05) is 18.9 Å². The smallest absolute Gasteiger partial charge is 0.138 e. The second kappa shape index (κ2) is 4.75. The highest BCUT2D eigenvalue weighted by atomic mass is 16.3. The maximum atomic E-state index is 10.2. The first kappa shape index (κ1) is 11.9. The first-order valence-corrected chi connectivity index (χ1v) is 6.07. The van der Waals surface area contributed by atoms with Crippen molar-refractivity contribution in [2.75, 3.05) is 11.9 Å². The van der Waals surface area contributed by atoms with Crippen molar-refractivity contribution in [3.8, 4) is 0 Å². The van der Waals surface area contributed by atoms with Crippen LogP contribution >= 0.6 is 0 Å². The van der Waals surface area contributed by atoms with Gasteiger partial charge in [0.25, 0.3) is 0 Å². The van der Waals surface area contributed by atoms with E-state index in [1.807, 2.05) is 42.6 Å². The molecule has 0 atom stereocenters. The van der Waals surface area contributed by atoms with Crippen LogP contribution in [0.3, 0.4) is 0 Å². The molecule has 2 aromatic heterocycles. The van der Waals surface area contributed by atoms with E-state index in [0.717, 1.165) is 24.3 Å². The van der Waals surface area contributed by atoms with Gasteiger partial charge in [-0.25, -0.2) is 4.98 Å². The number of aromatic nitrogens is 2. The first-order chi connectivity index (χ1) is 8.18. The Labute approximate surface area is 101 Å². The molecule has 2 rings (SSSR count). The third kappa shape index (κ3) is 2.42. The van der Waals surface area contributed by atoms with Gasteiger partial charge in [-0.3, -0.25) is 4.40 Å². The number of hydrogen-bond donors (Lipinski definition) is 2. The highest BCUT2D eigenvalue weighted by Gasteiger charge is 2.21. The highest BCUT2D eigenvalue weighted by Crippen LogP contribution is 2.17. The molecule has 0 unspecified atom stereocenters. The van der Waals surface area contributed by atoms with Crippen LogP contribution in [0.4, 0.5) is 5.82 Å². The fourth-order valence-corrected chi connectivity index (χ4v) is 1.85. The maximum absolute atomic E-state index is 10.2. The summed E-state index contributed by atoms with van der Waals surface area (Å²) in [4.78, 5) is 4.22. The van der Waals surface area contributed by atoms with Crippen molar-refractivity contribution in [1.29, 1.82) is 0 Å². The molecule has 0 aliphatic rings. The second-order valence-corrected chi connectivity index (χ2v) is 4.35. The van der Waals surface area contributed by atoms with Crippen LogP contribution in [-0.4, -0.2) is 26.6 Å². The van der Waals surface area contributed by atoms with Crippen LogP contribution in [0.1, 0.15) is 26.7 Å². The van der Waals surface area contributed by atoms with Crippen LogP contribution in [0, 0.1) is 0 Å². The lowest BCUT2D eigenvalue weighted by Gasteiger charge is -2.26. The van der Waals surface area contributed by atoms with Crippen molar-refractivity contribution in [2.45, 2.75) is 32.3 Å². The Morgan fingerprint density at radius 2 is 2.12 bits per heavy atom. The van der Waals surface area contributed by atoms with E-state index in [4.69, 9.17) is 0 Å². The Kier molecular flexibility index (Phi) is 3.33. The van der Waals surface area contributed by atoms with Gasteiger partial charge in [-0.1, -0.05) is 19.9 Å². The summed E-state index contributed by atoms with van der Waals surface area (Å²) in [5.74, 6) is 0.959. The largest absolute Gasteiger partial charge is 0.388 e. The molecule has 0 aliphatic heterocycles. The van der Waals surface area contributed by atoms with Crippen molar-refractivity contribution < 1.29 is 5.11 Å². The molecule has 0 saturated carbocycles. The van der Waals surface area contributed by atoms with E-state index in [0.29, 0.717) is 6.54 Å². The summed E-state index contributed by atoms with van der Waals surface area (Å²) in [5, 5.41) is 13.5. The number of nitrogens with zero attached hydrogens (tertiary/aromatic N) is 2. The van der Waals surface area contributed by atoms with Gasteiger partial charge in [-0.2, -0.15) is 0 Å². The molecule has 17 heavy (non-hydrogen) atoms. The number of pyridine rings is 1. The molecule has 0 aromatic carbocycles. The number of hydrogen-bond acceptors (Lipinski definition) is 3. The SMILES string of the molecule is CCC(O)(CC)CNc1cccc2nccn12. The van der Waals surface area contributed by atoms with Gasteiger partial charge < -0.3 is 10.4 Å². The molecule has 0 radical (unpaired) electrons. The number of anilines is 1. The molecule has 4 heteroatoms. The number of fused-ring (bicyclic) bond motifs is 1. The summed E-state index contributed by atoms with van der Waals surface area (Å²) < 4.78 is 1.98. The molecular formula is C13H19N3O. The van der Waals surface area contributed by atoms with Gasteiger partial charge in [0.05, 0.1) is 5.60 Å². The first-order valence-electron chi connectivity index (χ1n) is 6.07. The summed E-state index contributed by atoms with van der Waals surface area (Å²) in [6.07, 6.45) is 5.17. The summed E-state index contributed by atoms with van der Waals surface area (Å²) in [6, 6.07) is 5.90. The van der Waals surface area contributed by atoms with Gasteiger partial charge >= 0.3 is 0 Å². The molecule has 0 amide bonds. The fraction of sp³-hybridized carbons (Fsp3) is 0.462. The molecular weight excluding hydrogens is 214 g/mol. The average Bonchev–Trinajstić information content (AvgIpc) is 2.84. The van der Waals surface area contributed by atoms with Crippen molar-refractivity contribution >= 4 is 11.5 Å². The van der Waals surface area contributed by atoms with Crippen molar-refractivity contribution in [1.82, 2.24) is 9.38 Å². The van der Waals surface area contributed by atoms with E-state index in [2.05, 4.69) is 10.3 Å². The van der Waals surface area contributed by atoms with E-state index >= 15 is 0 Å². The summed E-state index contributed by atoms with van der Waals surface area (Å²) in [7, 11) is 0.